The van der Waals surface area contributed by atoms with Crippen LogP contribution in [-0.4, -0.2) is 68.8 Å². The standard InChI is InChI=1S/C11H21N3O4/c1-3-13-10(15)8-7-18-5-4-14(8)11(16)9(6-12)17-2/h8-9H,3-7,12H2,1-2H3,(H,13,15). The minimum absolute atomic E-state index is 0.0921. The van der Waals surface area contributed by atoms with Crippen LogP contribution in [0.25, 0.3) is 0 Å². The highest BCUT2D eigenvalue weighted by Gasteiger charge is 2.35. The van der Waals surface area contributed by atoms with E-state index in [9.17, 15) is 9.59 Å². The van der Waals surface area contributed by atoms with Crippen molar-refractivity contribution >= 4 is 11.8 Å². The van der Waals surface area contributed by atoms with Crippen LogP contribution in [0.1, 0.15) is 6.92 Å². The van der Waals surface area contributed by atoms with Crippen molar-refractivity contribution in [1.29, 1.82) is 0 Å². The number of rotatable bonds is 5. The number of ether oxygens (including phenoxy) is 2. The Hall–Kier alpha value is -1.18. The van der Waals surface area contributed by atoms with E-state index in [4.69, 9.17) is 15.2 Å². The molecule has 1 aliphatic rings. The molecule has 2 unspecified atom stereocenters. The van der Waals surface area contributed by atoms with E-state index in [2.05, 4.69) is 5.32 Å². The maximum absolute atomic E-state index is 12.2. The van der Waals surface area contributed by atoms with Crippen molar-refractivity contribution in [2.45, 2.75) is 19.1 Å². The first-order valence-corrected chi connectivity index (χ1v) is 6.04. The molecule has 0 saturated carbocycles. The fourth-order valence-corrected chi connectivity index (χ4v) is 1.86. The molecule has 7 heteroatoms. The van der Waals surface area contributed by atoms with E-state index in [1.807, 2.05) is 6.92 Å². The molecule has 1 rings (SSSR count). The van der Waals surface area contributed by atoms with E-state index >= 15 is 0 Å². The Labute approximate surface area is 107 Å². The molecule has 1 saturated heterocycles. The van der Waals surface area contributed by atoms with Crippen LogP contribution in [0.3, 0.4) is 0 Å². The summed E-state index contributed by atoms with van der Waals surface area (Å²) < 4.78 is 10.3. The number of hydrogen-bond acceptors (Lipinski definition) is 5. The number of nitrogens with one attached hydrogen (secondary N) is 1. The zero-order valence-corrected chi connectivity index (χ0v) is 10.8. The second-order valence-electron chi connectivity index (χ2n) is 3.98. The number of nitrogens with zero attached hydrogens (tertiary/aromatic N) is 1. The topological polar surface area (TPSA) is 93.9 Å². The zero-order chi connectivity index (χ0) is 13.5. The molecular formula is C11H21N3O4. The highest BCUT2D eigenvalue weighted by Crippen LogP contribution is 2.10. The Kier molecular flexibility index (Phi) is 6.03. The van der Waals surface area contributed by atoms with Crippen molar-refractivity contribution in [1.82, 2.24) is 10.2 Å². The van der Waals surface area contributed by atoms with Crippen molar-refractivity contribution in [2.24, 2.45) is 5.73 Å². The van der Waals surface area contributed by atoms with Crippen LogP contribution >= 0.6 is 0 Å². The van der Waals surface area contributed by atoms with E-state index in [0.717, 1.165) is 0 Å². The number of carbonyl (C=O) groups is 2. The molecule has 0 spiro atoms. The van der Waals surface area contributed by atoms with Crippen LogP contribution in [0.2, 0.25) is 0 Å². The van der Waals surface area contributed by atoms with Gasteiger partial charge in [0.2, 0.25) is 5.91 Å². The van der Waals surface area contributed by atoms with E-state index in [1.165, 1.54) is 12.0 Å². The minimum Gasteiger partial charge on any atom is -0.377 e. The van der Waals surface area contributed by atoms with Crippen LogP contribution in [0.5, 0.6) is 0 Å². The monoisotopic (exact) mass is 259 g/mol. The summed E-state index contributed by atoms with van der Waals surface area (Å²) in [6.07, 6.45) is -0.708. The molecule has 18 heavy (non-hydrogen) atoms. The lowest BCUT2D eigenvalue weighted by molar-refractivity contribution is -0.155. The summed E-state index contributed by atoms with van der Waals surface area (Å²) >= 11 is 0. The van der Waals surface area contributed by atoms with Crippen LogP contribution < -0.4 is 11.1 Å². The number of methoxy groups -OCH3 is 1. The molecule has 0 aromatic rings. The molecule has 0 aliphatic carbocycles. The smallest absolute Gasteiger partial charge is 0.253 e. The van der Waals surface area contributed by atoms with Gasteiger partial charge in [-0.05, 0) is 6.92 Å². The van der Waals surface area contributed by atoms with E-state index in [0.29, 0.717) is 19.7 Å². The van der Waals surface area contributed by atoms with Crippen LogP contribution in [0.15, 0.2) is 0 Å². The summed E-state index contributed by atoms with van der Waals surface area (Å²) in [6.45, 7) is 3.43. The fraction of sp³-hybridized carbons (Fsp3) is 0.818. The van der Waals surface area contributed by atoms with Crippen LogP contribution in [0, 0.1) is 0 Å². The summed E-state index contributed by atoms with van der Waals surface area (Å²) in [5.41, 5.74) is 5.47. The predicted molar refractivity (Wildman–Crippen MR) is 64.9 cm³/mol. The molecule has 104 valence electrons. The van der Waals surface area contributed by atoms with Crippen molar-refractivity contribution in [3.8, 4) is 0 Å². The quantitative estimate of drug-likeness (QED) is 0.615. The molecule has 7 nitrogen and oxygen atoms in total. The van der Waals surface area contributed by atoms with Gasteiger partial charge in [0, 0.05) is 26.7 Å². The van der Waals surface area contributed by atoms with Gasteiger partial charge in [-0.15, -0.1) is 0 Å². The van der Waals surface area contributed by atoms with Crippen LogP contribution in [0.4, 0.5) is 0 Å². The summed E-state index contributed by atoms with van der Waals surface area (Å²) in [4.78, 5) is 25.5. The number of nitrogens with two attached hydrogens (primary N) is 1. The summed E-state index contributed by atoms with van der Waals surface area (Å²) in [7, 11) is 1.43. The summed E-state index contributed by atoms with van der Waals surface area (Å²) in [6, 6.07) is -0.601. The van der Waals surface area contributed by atoms with E-state index in [1.54, 1.807) is 0 Å². The molecule has 1 fully saturated rings. The first kappa shape index (κ1) is 14.9. The van der Waals surface area contributed by atoms with Gasteiger partial charge in [-0.1, -0.05) is 0 Å². The van der Waals surface area contributed by atoms with Crippen molar-refractivity contribution in [3.63, 3.8) is 0 Å². The molecule has 2 amide bonds. The normalized spacial score (nSPS) is 21.5. The number of morpholine rings is 1. The van der Waals surface area contributed by atoms with E-state index < -0.39 is 12.1 Å². The molecule has 1 aliphatic heterocycles. The van der Waals surface area contributed by atoms with Gasteiger partial charge in [0.05, 0.1) is 13.2 Å². The lowest BCUT2D eigenvalue weighted by atomic mass is 10.1. The number of amides is 2. The van der Waals surface area contributed by atoms with Gasteiger partial charge in [-0.25, -0.2) is 0 Å². The maximum atomic E-state index is 12.2. The molecule has 3 N–H and O–H groups in total. The molecule has 2 atom stereocenters. The average molecular weight is 259 g/mol. The van der Waals surface area contributed by atoms with Gasteiger partial charge in [0.15, 0.2) is 0 Å². The number of carbonyl (C=O) groups excluding carboxylic acids is 2. The fourth-order valence-electron chi connectivity index (χ4n) is 1.86. The maximum Gasteiger partial charge on any atom is 0.253 e. The van der Waals surface area contributed by atoms with Crippen molar-refractivity contribution in [2.75, 3.05) is 40.0 Å². The molecule has 0 aromatic carbocycles. The SMILES string of the molecule is CCNC(=O)C1COCCN1C(=O)C(CN)OC. The Morgan fingerprint density at radius 1 is 1.61 bits per heavy atom. The third-order valence-electron chi connectivity index (χ3n) is 2.84. The highest BCUT2D eigenvalue weighted by atomic mass is 16.5. The lowest BCUT2D eigenvalue weighted by Crippen LogP contribution is -2.59. The molecule has 0 bridgehead atoms. The van der Waals surface area contributed by atoms with Gasteiger partial charge >= 0.3 is 0 Å². The van der Waals surface area contributed by atoms with Gasteiger partial charge < -0.3 is 25.4 Å². The van der Waals surface area contributed by atoms with Gasteiger partial charge in [-0.3, -0.25) is 9.59 Å². The van der Waals surface area contributed by atoms with Gasteiger partial charge in [-0.2, -0.15) is 0 Å². The van der Waals surface area contributed by atoms with Gasteiger partial charge in [0.25, 0.3) is 5.91 Å². The first-order chi connectivity index (χ1) is 8.65. The Morgan fingerprint density at radius 2 is 2.33 bits per heavy atom. The molecule has 0 aromatic heterocycles. The average Bonchev–Trinajstić information content (AvgIpc) is 2.40. The molecule has 1 heterocycles. The lowest BCUT2D eigenvalue weighted by Gasteiger charge is -2.36. The van der Waals surface area contributed by atoms with Crippen LogP contribution in [-0.2, 0) is 19.1 Å². The molecular weight excluding hydrogens is 238 g/mol. The Bertz CT molecular complexity index is 294. The number of likely N-dealkylation sites (N-methyl/N-ethyl adjacent to an activating group) is 1. The number of hydrogen-bond donors (Lipinski definition) is 2. The van der Waals surface area contributed by atoms with Crippen molar-refractivity contribution < 1.29 is 19.1 Å². The third kappa shape index (κ3) is 3.41. The first-order valence-electron chi connectivity index (χ1n) is 6.04. The molecule has 0 radical (unpaired) electrons. The van der Waals surface area contributed by atoms with E-state index in [-0.39, 0.29) is 25.0 Å². The second kappa shape index (κ2) is 7.30. The van der Waals surface area contributed by atoms with Gasteiger partial charge in [0.1, 0.15) is 12.1 Å². The summed E-state index contributed by atoms with van der Waals surface area (Å²) in [5, 5.41) is 2.69. The Balaban J connectivity index is 2.75. The predicted octanol–water partition coefficient (Wildman–Crippen LogP) is -1.68. The summed E-state index contributed by atoms with van der Waals surface area (Å²) in [5.74, 6) is -0.475. The third-order valence-corrected chi connectivity index (χ3v) is 2.84. The van der Waals surface area contributed by atoms with Crippen molar-refractivity contribution in [3.05, 3.63) is 0 Å². The minimum atomic E-state index is -0.708. The Morgan fingerprint density at radius 3 is 2.89 bits per heavy atom. The second-order valence-corrected chi connectivity index (χ2v) is 3.98. The zero-order valence-electron chi connectivity index (χ0n) is 10.8. The largest absolute Gasteiger partial charge is 0.377 e. The highest BCUT2D eigenvalue weighted by molar-refractivity contribution is 5.89.